The highest BCUT2D eigenvalue weighted by Gasteiger charge is 2.28. The Balaban J connectivity index is 1.75. The molecule has 1 aromatic heterocycles. The van der Waals surface area contributed by atoms with E-state index in [0.717, 1.165) is 0 Å². The van der Waals surface area contributed by atoms with Crippen molar-refractivity contribution in [2.24, 2.45) is 0 Å². The van der Waals surface area contributed by atoms with Crippen molar-refractivity contribution >= 4 is 23.6 Å². The van der Waals surface area contributed by atoms with Crippen molar-refractivity contribution in [1.82, 2.24) is 19.7 Å². The molecule has 0 saturated carbocycles. The summed E-state index contributed by atoms with van der Waals surface area (Å²) in [7, 11) is 0. The molecule has 4 N–H and O–H groups in total. The van der Waals surface area contributed by atoms with Crippen LogP contribution in [0.2, 0.25) is 0 Å². The molecule has 218 valence electrons. The van der Waals surface area contributed by atoms with Gasteiger partial charge in [-0.15, -0.1) is 0 Å². The minimum absolute atomic E-state index is 0.0123. The van der Waals surface area contributed by atoms with E-state index in [-0.39, 0.29) is 83.4 Å². The zero-order chi connectivity index (χ0) is 29.2. The van der Waals surface area contributed by atoms with Gasteiger partial charge in [-0.2, -0.15) is 0 Å². The molecule has 0 aliphatic carbocycles. The first-order valence-corrected chi connectivity index (χ1v) is 13.1. The van der Waals surface area contributed by atoms with E-state index in [2.05, 4.69) is 10.3 Å². The lowest BCUT2D eigenvalue weighted by molar-refractivity contribution is -0.145. The van der Waals surface area contributed by atoms with E-state index >= 15 is 0 Å². The van der Waals surface area contributed by atoms with Crippen molar-refractivity contribution in [1.29, 1.82) is 0 Å². The van der Waals surface area contributed by atoms with Gasteiger partial charge in [-0.05, 0) is 31.9 Å². The third kappa shape index (κ3) is 8.56. The first-order chi connectivity index (χ1) is 19.1. The third-order valence-corrected chi connectivity index (χ3v) is 6.60. The first kappa shape index (κ1) is 30.7. The first-order valence-electron chi connectivity index (χ1n) is 13.1. The van der Waals surface area contributed by atoms with Crippen LogP contribution in [0.4, 0.5) is 5.69 Å². The molecule has 0 amide bonds. The molecule has 14 heteroatoms. The Morgan fingerprint density at radius 2 is 1.52 bits per heavy atom. The van der Waals surface area contributed by atoms with Crippen molar-refractivity contribution in [3.05, 3.63) is 50.0 Å². The minimum Gasteiger partial charge on any atom is -0.488 e. The molecule has 2 heterocycles. The number of hydrogen-bond donors (Lipinski definition) is 4. The summed E-state index contributed by atoms with van der Waals surface area (Å²) in [6, 6.07) is 4.38. The summed E-state index contributed by atoms with van der Waals surface area (Å²) < 4.78 is 5.19. The summed E-state index contributed by atoms with van der Waals surface area (Å²) in [6.45, 7) is 3.08. The molecular weight excluding hydrogens is 526 g/mol. The maximum absolute atomic E-state index is 12.3. The predicted molar refractivity (Wildman–Crippen MR) is 143 cm³/mol. The summed E-state index contributed by atoms with van der Waals surface area (Å²) in [5.74, 6) is -3.12. The minimum atomic E-state index is -1.07. The maximum Gasteiger partial charge on any atom is 0.320 e. The number of rotatable bonds is 13. The molecule has 40 heavy (non-hydrogen) atoms. The second kappa shape index (κ2) is 14.5. The van der Waals surface area contributed by atoms with E-state index in [1.807, 2.05) is 0 Å². The van der Waals surface area contributed by atoms with Crippen LogP contribution in [0.5, 0.6) is 5.75 Å². The average molecular weight is 562 g/mol. The normalized spacial score (nSPS) is 16.5. The molecule has 1 aliphatic heterocycles. The number of nitrogens with zero attached hydrogens (tertiary/aromatic N) is 4. The molecule has 0 spiro atoms. The number of aromatic nitrogens is 1. The van der Waals surface area contributed by atoms with Gasteiger partial charge < -0.3 is 25.4 Å². The highest BCUT2D eigenvalue weighted by molar-refractivity contribution is 5.73. The Hall–Kier alpha value is -3.88. The lowest BCUT2D eigenvalue weighted by Gasteiger charge is -2.33. The fraction of sp³-hybridized carbons (Fsp3) is 0.538. The second-order valence-corrected chi connectivity index (χ2v) is 9.58. The predicted octanol–water partition coefficient (Wildman–Crippen LogP) is -0.489. The quantitative estimate of drug-likeness (QED) is 0.181. The number of hydrogen-bond acceptors (Lipinski definition) is 11. The Morgan fingerprint density at radius 1 is 0.950 bits per heavy atom. The smallest absolute Gasteiger partial charge is 0.320 e. The van der Waals surface area contributed by atoms with Gasteiger partial charge in [-0.1, -0.05) is 6.07 Å². The number of aliphatic carboxylic acids is 3. The zero-order valence-electron chi connectivity index (χ0n) is 22.4. The topological polar surface area (TPSA) is 190 Å². The number of ether oxygens (including phenoxy) is 1. The Kier molecular flexibility index (Phi) is 11.1. The van der Waals surface area contributed by atoms with Gasteiger partial charge in [-0.3, -0.25) is 43.7 Å². The van der Waals surface area contributed by atoms with Crippen LogP contribution in [-0.2, 0) is 27.5 Å². The monoisotopic (exact) mass is 561 g/mol. The molecule has 0 radical (unpaired) electrons. The lowest BCUT2D eigenvalue weighted by atomic mass is 10.1. The zero-order valence-corrected chi connectivity index (χ0v) is 22.4. The van der Waals surface area contributed by atoms with Crippen molar-refractivity contribution in [2.45, 2.75) is 38.9 Å². The molecule has 14 nitrogen and oxygen atoms in total. The Morgan fingerprint density at radius 3 is 2.02 bits per heavy atom. The second-order valence-electron chi connectivity index (χ2n) is 9.58. The van der Waals surface area contributed by atoms with Gasteiger partial charge in [0, 0.05) is 45.8 Å². The maximum atomic E-state index is 12.3. The molecule has 0 saturated heterocycles. The van der Waals surface area contributed by atoms with Gasteiger partial charge in [0.15, 0.2) is 5.75 Å². The summed E-state index contributed by atoms with van der Waals surface area (Å²) in [6.07, 6.45) is 0.546. The van der Waals surface area contributed by atoms with Gasteiger partial charge in [0.1, 0.15) is 11.7 Å². The van der Waals surface area contributed by atoms with E-state index in [4.69, 9.17) is 4.74 Å². The van der Waals surface area contributed by atoms with Crippen LogP contribution in [0.1, 0.15) is 31.2 Å². The standard InChI is InChI=1S/C26H35N5O9/c1-2-40-25-22(23(36)24(25)37)27-8-4-7-19(26(38)39)31-11-9-29(15-20(32)33)13-17-5-3-6-18(28-17)14-30(10-12-31)16-21(34)35/h3,5-6,19,27H,2,4,7-16H2,1H3,(H,32,33)(H,34,35)(H,38,39). The molecule has 0 fully saturated rings. The molecule has 3 rings (SSSR count). The number of pyridine rings is 1. The molecule has 2 bridgehead atoms. The van der Waals surface area contributed by atoms with Gasteiger partial charge >= 0.3 is 17.9 Å². The van der Waals surface area contributed by atoms with Crippen LogP contribution in [0, 0.1) is 0 Å². The summed E-state index contributed by atoms with van der Waals surface area (Å²) in [5, 5.41) is 31.8. The third-order valence-electron chi connectivity index (χ3n) is 6.60. The number of carboxylic acid groups (broad SMARTS) is 3. The average Bonchev–Trinajstić information content (AvgIpc) is 2.88. The van der Waals surface area contributed by atoms with Crippen LogP contribution in [0.15, 0.2) is 27.8 Å². The van der Waals surface area contributed by atoms with Gasteiger partial charge in [0.2, 0.25) is 0 Å². The van der Waals surface area contributed by atoms with Crippen molar-refractivity contribution < 1.29 is 34.4 Å². The highest BCUT2D eigenvalue weighted by Crippen LogP contribution is 2.18. The summed E-state index contributed by atoms with van der Waals surface area (Å²) >= 11 is 0. The fourth-order valence-electron chi connectivity index (χ4n) is 4.72. The molecule has 1 atom stereocenters. The highest BCUT2D eigenvalue weighted by atomic mass is 16.5. The van der Waals surface area contributed by atoms with Gasteiger partial charge in [-0.25, -0.2) is 0 Å². The van der Waals surface area contributed by atoms with E-state index in [9.17, 15) is 39.3 Å². The molecule has 1 aliphatic rings. The van der Waals surface area contributed by atoms with Gasteiger partial charge in [0.05, 0.1) is 31.1 Å². The van der Waals surface area contributed by atoms with Gasteiger partial charge in [0.25, 0.3) is 10.9 Å². The Labute approximate surface area is 230 Å². The SMILES string of the molecule is CCOc1c(NCCCC(C(=O)O)N2CCN(CC(=O)O)Cc3cccc(n3)CN(CC(=O)O)CC2)c(=O)c1=O. The van der Waals surface area contributed by atoms with Crippen LogP contribution >= 0.6 is 0 Å². The van der Waals surface area contributed by atoms with E-state index in [0.29, 0.717) is 17.8 Å². The molecule has 1 unspecified atom stereocenters. The van der Waals surface area contributed by atoms with Crippen LogP contribution in [0.3, 0.4) is 0 Å². The van der Waals surface area contributed by atoms with Crippen LogP contribution in [0.25, 0.3) is 0 Å². The number of carboxylic acids is 3. The van der Waals surface area contributed by atoms with Crippen LogP contribution in [-0.4, -0.2) is 111 Å². The summed E-state index contributed by atoms with van der Waals surface area (Å²) in [5.41, 5.74) is -0.00282. The lowest BCUT2D eigenvalue weighted by Crippen LogP contribution is -2.49. The summed E-state index contributed by atoms with van der Waals surface area (Å²) in [4.78, 5) is 68.5. The van der Waals surface area contributed by atoms with E-state index in [1.165, 1.54) is 0 Å². The number of anilines is 1. The molecule has 2 aromatic rings. The van der Waals surface area contributed by atoms with Crippen molar-refractivity contribution in [3.63, 3.8) is 0 Å². The molecule has 1 aromatic carbocycles. The number of fused-ring (bicyclic) bond motifs is 2. The number of carbonyl (C=O) groups is 3. The molecular formula is C26H35N5O9. The largest absolute Gasteiger partial charge is 0.488 e. The fourth-order valence-corrected chi connectivity index (χ4v) is 4.72. The van der Waals surface area contributed by atoms with Crippen LogP contribution < -0.4 is 20.9 Å². The van der Waals surface area contributed by atoms with Crippen molar-refractivity contribution in [2.75, 3.05) is 57.7 Å². The van der Waals surface area contributed by atoms with E-state index < -0.39 is 34.8 Å². The van der Waals surface area contributed by atoms with Crippen molar-refractivity contribution in [3.8, 4) is 5.75 Å². The number of nitrogens with one attached hydrogen (secondary N) is 1. The van der Waals surface area contributed by atoms with E-state index in [1.54, 1.807) is 39.8 Å². The Bertz CT molecular complexity index is 1210.